The summed E-state index contributed by atoms with van der Waals surface area (Å²) in [5, 5.41) is 7.35. The summed E-state index contributed by atoms with van der Waals surface area (Å²) in [6.07, 6.45) is 1.11. The van der Waals surface area contributed by atoms with E-state index >= 15 is 0 Å². The van der Waals surface area contributed by atoms with Gasteiger partial charge in [-0.05, 0) is 37.6 Å². The van der Waals surface area contributed by atoms with Gasteiger partial charge in [0.05, 0.1) is 6.61 Å². The molecule has 0 amide bonds. The molecule has 5 nitrogen and oxygen atoms in total. The topological polar surface area (TPSA) is 71.6 Å². The number of nitrogen functional groups attached to an aromatic ring is 1. The predicted octanol–water partition coefficient (Wildman–Crippen LogP) is 2.10. The average molecular weight is 293 g/mol. The van der Waals surface area contributed by atoms with Gasteiger partial charge in [-0.3, -0.25) is 10.3 Å². The zero-order chi connectivity index (χ0) is 15.7. The first kappa shape index (κ1) is 17.5. The second kappa shape index (κ2) is 9.37. The fourth-order valence-electron chi connectivity index (χ4n) is 2.03. The van der Waals surface area contributed by atoms with Gasteiger partial charge < -0.3 is 15.2 Å². The number of hydrogen-bond acceptors (Lipinski definition) is 4. The third-order valence-corrected chi connectivity index (χ3v) is 3.61. The summed E-state index contributed by atoms with van der Waals surface area (Å²) in [4.78, 5) is 2.37. The van der Waals surface area contributed by atoms with Gasteiger partial charge in [-0.25, -0.2) is 0 Å². The van der Waals surface area contributed by atoms with Crippen molar-refractivity contribution in [3.05, 3.63) is 29.8 Å². The summed E-state index contributed by atoms with van der Waals surface area (Å²) in [6.45, 7) is 7.55. The molecule has 118 valence electrons. The Morgan fingerprint density at radius 1 is 1.24 bits per heavy atom. The zero-order valence-electron chi connectivity index (χ0n) is 13.3. The molecule has 0 aromatic heterocycles. The van der Waals surface area contributed by atoms with E-state index in [1.807, 2.05) is 12.1 Å². The molecule has 0 heterocycles. The largest absolute Gasteiger partial charge is 0.492 e. The fraction of sp³-hybridized carbons (Fsp3) is 0.562. The van der Waals surface area contributed by atoms with Gasteiger partial charge in [0.15, 0.2) is 0 Å². The van der Waals surface area contributed by atoms with Gasteiger partial charge >= 0.3 is 0 Å². The van der Waals surface area contributed by atoms with Crippen LogP contribution in [0.15, 0.2) is 24.3 Å². The minimum Gasteiger partial charge on any atom is -0.492 e. The van der Waals surface area contributed by atoms with Gasteiger partial charge in [0, 0.05) is 31.8 Å². The molecular formula is C16H27N3O2. The highest BCUT2D eigenvalue weighted by molar-refractivity contribution is 5.94. The molecule has 0 spiro atoms. The number of nitrogens with zero attached hydrogens (tertiary/aromatic N) is 1. The molecule has 0 radical (unpaired) electrons. The Balaban J connectivity index is 2.43. The van der Waals surface area contributed by atoms with Crippen molar-refractivity contribution in [1.29, 1.82) is 5.41 Å². The van der Waals surface area contributed by atoms with Crippen molar-refractivity contribution in [2.24, 2.45) is 5.73 Å². The maximum absolute atomic E-state index is 7.35. The monoisotopic (exact) mass is 293 g/mol. The highest BCUT2D eigenvalue weighted by Gasteiger charge is 2.11. The van der Waals surface area contributed by atoms with Crippen molar-refractivity contribution in [1.82, 2.24) is 4.90 Å². The normalized spacial score (nSPS) is 12.4. The van der Waals surface area contributed by atoms with Crippen molar-refractivity contribution in [2.75, 3.05) is 33.4 Å². The van der Waals surface area contributed by atoms with Crippen LogP contribution in [0.5, 0.6) is 5.75 Å². The van der Waals surface area contributed by atoms with Gasteiger partial charge in [-0.1, -0.05) is 6.92 Å². The van der Waals surface area contributed by atoms with Gasteiger partial charge in [-0.15, -0.1) is 0 Å². The summed E-state index contributed by atoms with van der Waals surface area (Å²) >= 11 is 0. The minimum atomic E-state index is 0.0732. The second-order valence-electron chi connectivity index (χ2n) is 5.07. The first-order valence-electron chi connectivity index (χ1n) is 7.38. The van der Waals surface area contributed by atoms with Gasteiger partial charge in [-0.2, -0.15) is 0 Å². The molecule has 1 aromatic carbocycles. The Morgan fingerprint density at radius 2 is 1.86 bits per heavy atom. The molecule has 0 aliphatic heterocycles. The van der Waals surface area contributed by atoms with Crippen LogP contribution in [0.4, 0.5) is 0 Å². The van der Waals surface area contributed by atoms with Crippen LogP contribution < -0.4 is 10.5 Å². The van der Waals surface area contributed by atoms with E-state index in [2.05, 4.69) is 18.7 Å². The fourth-order valence-corrected chi connectivity index (χ4v) is 2.03. The van der Waals surface area contributed by atoms with Crippen LogP contribution in [-0.2, 0) is 4.74 Å². The molecule has 5 heteroatoms. The van der Waals surface area contributed by atoms with Crippen molar-refractivity contribution in [3.63, 3.8) is 0 Å². The van der Waals surface area contributed by atoms with Crippen LogP contribution in [-0.4, -0.2) is 50.2 Å². The average Bonchev–Trinajstić information content (AvgIpc) is 2.50. The molecule has 1 unspecified atom stereocenters. The Morgan fingerprint density at radius 3 is 2.38 bits per heavy atom. The highest BCUT2D eigenvalue weighted by atomic mass is 16.5. The molecule has 3 N–H and O–H groups in total. The number of ether oxygens (including phenoxy) is 2. The van der Waals surface area contributed by atoms with E-state index in [1.54, 1.807) is 19.2 Å². The number of rotatable bonds is 10. The molecule has 1 atom stereocenters. The smallest absolute Gasteiger partial charge is 0.122 e. The Kier molecular flexibility index (Phi) is 7.79. The van der Waals surface area contributed by atoms with Crippen LogP contribution in [0.3, 0.4) is 0 Å². The standard InChI is InChI=1S/C16H27N3O2/c1-4-13(2)19(9-11-20-3)10-12-21-15-7-5-14(6-8-15)16(17)18/h5-8,13H,4,9-12H2,1-3H3,(H3,17,18). The molecule has 0 bridgehead atoms. The van der Waals surface area contributed by atoms with Crippen molar-refractivity contribution in [2.45, 2.75) is 26.3 Å². The summed E-state index contributed by atoms with van der Waals surface area (Å²) < 4.78 is 10.9. The number of nitrogens with two attached hydrogens (primary N) is 1. The van der Waals surface area contributed by atoms with Crippen molar-refractivity contribution >= 4 is 5.84 Å². The Labute approximate surface area is 127 Å². The van der Waals surface area contributed by atoms with E-state index in [0.717, 1.165) is 31.9 Å². The van der Waals surface area contributed by atoms with Gasteiger partial charge in [0.1, 0.15) is 18.2 Å². The summed E-state index contributed by atoms with van der Waals surface area (Å²) in [6, 6.07) is 7.81. The van der Waals surface area contributed by atoms with Crippen LogP contribution in [0.25, 0.3) is 0 Å². The van der Waals surface area contributed by atoms with Crippen LogP contribution in [0, 0.1) is 5.41 Å². The third-order valence-electron chi connectivity index (χ3n) is 3.61. The molecule has 0 fully saturated rings. The molecule has 1 aromatic rings. The van der Waals surface area contributed by atoms with Crippen LogP contribution in [0.2, 0.25) is 0 Å². The number of amidine groups is 1. The second-order valence-corrected chi connectivity index (χ2v) is 5.07. The highest BCUT2D eigenvalue weighted by Crippen LogP contribution is 2.12. The molecular weight excluding hydrogens is 266 g/mol. The van der Waals surface area contributed by atoms with Crippen LogP contribution in [0.1, 0.15) is 25.8 Å². The molecule has 21 heavy (non-hydrogen) atoms. The number of nitrogens with one attached hydrogen (secondary N) is 1. The number of benzene rings is 1. The third kappa shape index (κ3) is 6.14. The summed E-state index contributed by atoms with van der Waals surface area (Å²) in [5.74, 6) is 0.875. The van der Waals surface area contributed by atoms with E-state index in [4.69, 9.17) is 20.6 Å². The first-order chi connectivity index (χ1) is 10.1. The molecule has 1 rings (SSSR count). The van der Waals surface area contributed by atoms with Gasteiger partial charge in [0.25, 0.3) is 0 Å². The minimum absolute atomic E-state index is 0.0732. The first-order valence-corrected chi connectivity index (χ1v) is 7.38. The lowest BCUT2D eigenvalue weighted by Crippen LogP contribution is -2.38. The molecule has 0 aliphatic rings. The van der Waals surface area contributed by atoms with Crippen molar-refractivity contribution < 1.29 is 9.47 Å². The maximum atomic E-state index is 7.35. The summed E-state index contributed by atoms with van der Waals surface area (Å²) in [5.41, 5.74) is 6.13. The SMILES string of the molecule is CCC(C)N(CCOC)CCOc1ccc(C(=N)N)cc1. The number of hydrogen-bond donors (Lipinski definition) is 2. The Bertz CT molecular complexity index is 420. The van der Waals surface area contributed by atoms with Crippen LogP contribution >= 0.6 is 0 Å². The molecule has 0 aliphatic carbocycles. The van der Waals surface area contributed by atoms with E-state index in [9.17, 15) is 0 Å². The van der Waals surface area contributed by atoms with Crippen molar-refractivity contribution in [3.8, 4) is 5.75 Å². The lowest BCUT2D eigenvalue weighted by Gasteiger charge is -2.27. The van der Waals surface area contributed by atoms with Gasteiger partial charge in [0.2, 0.25) is 0 Å². The number of methoxy groups -OCH3 is 1. The quantitative estimate of drug-likeness (QED) is 0.512. The van der Waals surface area contributed by atoms with E-state index in [1.165, 1.54) is 0 Å². The lowest BCUT2D eigenvalue weighted by atomic mass is 10.2. The zero-order valence-corrected chi connectivity index (χ0v) is 13.3. The lowest BCUT2D eigenvalue weighted by molar-refractivity contribution is 0.109. The predicted molar refractivity (Wildman–Crippen MR) is 86.2 cm³/mol. The summed E-state index contributed by atoms with van der Waals surface area (Å²) in [7, 11) is 1.72. The van der Waals surface area contributed by atoms with E-state index < -0.39 is 0 Å². The molecule has 0 saturated heterocycles. The van der Waals surface area contributed by atoms with E-state index in [0.29, 0.717) is 18.2 Å². The Hall–Kier alpha value is -1.59. The van der Waals surface area contributed by atoms with E-state index in [-0.39, 0.29) is 5.84 Å². The molecule has 0 saturated carbocycles. The maximum Gasteiger partial charge on any atom is 0.122 e.